The predicted octanol–water partition coefficient (Wildman–Crippen LogP) is 7.59. The van der Waals surface area contributed by atoms with Crippen LogP contribution >= 0.6 is 11.3 Å². The van der Waals surface area contributed by atoms with Gasteiger partial charge in [-0.1, -0.05) is 24.3 Å². The number of thiophene rings is 1. The maximum Gasteiger partial charge on any atom is 0.248 e. The van der Waals surface area contributed by atoms with Gasteiger partial charge in [-0.05, 0) is 47.2 Å². The van der Waals surface area contributed by atoms with E-state index >= 15 is 0 Å². The first-order valence-corrected chi connectivity index (χ1v) is 13.4. The van der Waals surface area contributed by atoms with Crippen LogP contribution in [0.3, 0.4) is 0 Å². The van der Waals surface area contributed by atoms with Crippen molar-refractivity contribution in [3.8, 4) is 22.5 Å². The maximum atomic E-state index is 13.2. The molecule has 1 aliphatic carbocycles. The van der Waals surface area contributed by atoms with Crippen LogP contribution in [0.4, 0.5) is 20.3 Å². The lowest BCUT2D eigenvalue weighted by atomic mass is 9.78. The predicted molar refractivity (Wildman–Crippen MR) is 149 cm³/mol. The van der Waals surface area contributed by atoms with E-state index in [1.54, 1.807) is 23.6 Å². The number of hydrogen-bond acceptors (Lipinski definition) is 6. The first-order valence-electron chi connectivity index (χ1n) is 12.6. The molecule has 7 nitrogen and oxygen atoms in total. The number of H-pyrrole nitrogens is 2. The molecule has 1 aliphatic rings. The summed E-state index contributed by atoms with van der Waals surface area (Å²) in [7, 11) is 0. The van der Waals surface area contributed by atoms with Gasteiger partial charge in [-0.2, -0.15) is 5.10 Å². The molecular formula is C29H22F2N6OS. The first-order chi connectivity index (χ1) is 18.9. The molecule has 7 rings (SSSR count). The van der Waals surface area contributed by atoms with E-state index in [4.69, 9.17) is 9.97 Å². The molecule has 3 N–H and O–H groups in total. The van der Waals surface area contributed by atoms with Crippen molar-refractivity contribution in [2.75, 3.05) is 5.32 Å². The number of ketones is 1. The summed E-state index contributed by atoms with van der Waals surface area (Å²) >= 11 is 1.57. The van der Waals surface area contributed by atoms with Crippen molar-refractivity contribution in [3.05, 3.63) is 78.1 Å². The second kappa shape index (κ2) is 9.09. The van der Waals surface area contributed by atoms with Gasteiger partial charge in [0, 0.05) is 53.2 Å². The molecule has 0 atom stereocenters. The SMILES string of the molecule is O=C(CC1CC(F)(F)C1)c1cc2ccc(-c3nc(Nc4ccc(-c5cn[nH]c5)cc4)c4sccc4n3)cc2[nH]1. The Balaban J connectivity index is 1.16. The van der Waals surface area contributed by atoms with Gasteiger partial charge in [0.25, 0.3) is 0 Å². The molecular weight excluding hydrogens is 518 g/mol. The molecule has 0 radical (unpaired) electrons. The fourth-order valence-electron chi connectivity index (χ4n) is 5.09. The number of anilines is 2. The third-order valence-corrected chi connectivity index (χ3v) is 8.02. The van der Waals surface area contributed by atoms with E-state index in [1.165, 1.54) is 0 Å². The standard InChI is InChI=1S/C29H22F2N6OS/c30-29(31)12-16(13-29)9-25(38)24-10-18-1-2-19(11-23(18)35-24)27-36-22-7-8-39-26(22)28(37-27)34-21-5-3-17(4-6-21)20-14-32-33-15-20/h1-8,10-11,14-16,35H,9,12-13H2,(H,32,33)(H,34,36,37). The number of nitrogens with zero attached hydrogens (tertiary/aromatic N) is 3. The topological polar surface area (TPSA) is 99.3 Å². The summed E-state index contributed by atoms with van der Waals surface area (Å²) in [4.78, 5) is 25.5. The first kappa shape index (κ1) is 23.7. The summed E-state index contributed by atoms with van der Waals surface area (Å²) in [5, 5.41) is 13.1. The van der Waals surface area contributed by atoms with Crippen LogP contribution in [0.5, 0.6) is 0 Å². The molecule has 2 aromatic carbocycles. The average molecular weight is 541 g/mol. The van der Waals surface area contributed by atoms with E-state index in [-0.39, 0.29) is 31.0 Å². The zero-order valence-electron chi connectivity index (χ0n) is 20.5. The quantitative estimate of drug-likeness (QED) is 0.181. The molecule has 10 heteroatoms. The highest BCUT2D eigenvalue weighted by Gasteiger charge is 2.45. The molecule has 39 heavy (non-hydrogen) atoms. The summed E-state index contributed by atoms with van der Waals surface area (Å²) in [6.45, 7) is 0. The maximum absolute atomic E-state index is 13.2. The van der Waals surface area contributed by atoms with Crippen LogP contribution in [-0.2, 0) is 0 Å². The molecule has 0 saturated heterocycles. The van der Waals surface area contributed by atoms with Crippen molar-refractivity contribution in [1.82, 2.24) is 25.1 Å². The lowest BCUT2D eigenvalue weighted by Gasteiger charge is -2.34. The molecule has 1 saturated carbocycles. The lowest BCUT2D eigenvalue weighted by Crippen LogP contribution is -2.36. The Morgan fingerprint density at radius 2 is 1.85 bits per heavy atom. The minimum Gasteiger partial charge on any atom is -0.352 e. The molecule has 0 bridgehead atoms. The number of fused-ring (bicyclic) bond motifs is 2. The van der Waals surface area contributed by atoms with Gasteiger partial charge in [-0.3, -0.25) is 9.89 Å². The molecule has 4 aromatic heterocycles. The second-order valence-electron chi connectivity index (χ2n) is 9.96. The zero-order valence-corrected chi connectivity index (χ0v) is 21.4. The average Bonchev–Trinajstić information content (AvgIpc) is 3.68. The lowest BCUT2D eigenvalue weighted by molar-refractivity contribution is -0.109. The van der Waals surface area contributed by atoms with E-state index in [0.29, 0.717) is 17.3 Å². The van der Waals surface area contributed by atoms with Gasteiger partial charge < -0.3 is 10.3 Å². The number of hydrogen-bond donors (Lipinski definition) is 3. The Bertz CT molecular complexity index is 1820. The van der Waals surface area contributed by atoms with Crippen LogP contribution in [0.1, 0.15) is 29.8 Å². The van der Waals surface area contributed by atoms with E-state index in [2.05, 4.69) is 20.5 Å². The van der Waals surface area contributed by atoms with Crippen LogP contribution in [0.2, 0.25) is 0 Å². The van der Waals surface area contributed by atoms with Gasteiger partial charge in [0.05, 0.1) is 22.1 Å². The highest BCUT2D eigenvalue weighted by molar-refractivity contribution is 7.17. The number of aromatic nitrogens is 5. The van der Waals surface area contributed by atoms with E-state index in [0.717, 1.165) is 43.5 Å². The van der Waals surface area contributed by atoms with Crippen LogP contribution in [0, 0.1) is 5.92 Å². The molecule has 0 aliphatic heterocycles. The minimum absolute atomic E-state index is 0.130. The van der Waals surface area contributed by atoms with Crippen molar-refractivity contribution < 1.29 is 13.6 Å². The molecule has 6 aromatic rings. The number of alkyl halides is 2. The molecule has 194 valence electrons. The van der Waals surface area contributed by atoms with E-state index in [1.807, 2.05) is 60.1 Å². The smallest absolute Gasteiger partial charge is 0.248 e. The Kier molecular flexibility index (Phi) is 5.52. The second-order valence-corrected chi connectivity index (χ2v) is 10.9. The van der Waals surface area contributed by atoms with Gasteiger partial charge in [-0.25, -0.2) is 18.7 Å². The van der Waals surface area contributed by atoms with Crippen molar-refractivity contribution in [2.45, 2.75) is 25.2 Å². The van der Waals surface area contributed by atoms with Crippen molar-refractivity contribution >= 4 is 49.7 Å². The highest BCUT2D eigenvalue weighted by Crippen LogP contribution is 2.44. The summed E-state index contributed by atoms with van der Waals surface area (Å²) in [5.41, 5.74) is 5.81. The van der Waals surface area contributed by atoms with Gasteiger partial charge in [-0.15, -0.1) is 11.3 Å². The summed E-state index contributed by atoms with van der Waals surface area (Å²) in [6, 6.07) is 17.5. The molecule has 0 spiro atoms. The number of nitrogens with one attached hydrogen (secondary N) is 3. The number of carbonyl (C=O) groups is 1. The van der Waals surface area contributed by atoms with E-state index < -0.39 is 5.92 Å². The Labute approximate surface area is 225 Å². The summed E-state index contributed by atoms with van der Waals surface area (Å²) in [6.07, 6.45) is 3.34. The fraction of sp³-hybridized carbons (Fsp3) is 0.172. The monoisotopic (exact) mass is 540 g/mol. The third kappa shape index (κ3) is 4.57. The number of halogens is 2. The van der Waals surface area contributed by atoms with Gasteiger partial charge in [0.15, 0.2) is 17.4 Å². The van der Waals surface area contributed by atoms with Gasteiger partial charge in [0.1, 0.15) is 0 Å². The molecule has 1 fully saturated rings. The van der Waals surface area contributed by atoms with Crippen LogP contribution in [0.15, 0.2) is 72.4 Å². The normalized spacial score (nSPS) is 15.0. The number of carbonyl (C=O) groups excluding carboxylic acids is 1. The van der Waals surface area contributed by atoms with Crippen molar-refractivity contribution in [1.29, 1.82) is 0 Å². The summed E-state index contributed by atoms with van der Waals surface area (Å²) in [5.74, 6) is -1.76. The largest absolute Gasteiger partial charge is 0.352 e. The van der Waals surface area contributed by atoms with Gasteiger partial charge >= 0.3 is 0 Å². The van der Waals surface area contributed by atoms with Crippen LogP contribution in [-0.4, -0.2) is 36.9 Å². The van der Waals surface area contributed by atoms with Crippen LogP contribution in [0.25, 0.3) is 43.6 Å². The number of aromatic amines is 2. The van der Waals surface area contributed by atoms with Crippen molar-refractivity contribution in [3.63, 3.8) is 0 Å². The van der Waals surface area contributed by atoms with Crippen LogP contribution < -0.4 is 5.32 Å². The molecule has 4 heterocycles. The molecule has 0 amide bonds. The Morgan fingerprint density at radius 1 is 1.03 bits per heavy atom. The Morgan fingerprint density at radius 3 is 2.62 bits per heavy atom. The van der Waals surface area contributed by atoms with E-state index in [9.17, 15) is 13.6 Å². The Hall–Kier alpha value is -4.44. The van der Waals surface area contributed by atoms with Gasteiger partial charge in [0.2, 0.25) is 5.92 Å². The third-order valence-electron chi connectivity index (χ3n) is 7.11. The number of rotatable bonds is 7. The summed E-state index contributed by atoms with van der Waals surface area (Å²) < 4.78 is 27.3. The minimum atomic E-state index is -2.62. The molecule has 0 unspecified atom stereocenters. The fourth-order valence-corrected chi connectivity index (χ4v) is 5.86. The van der Waals surface area contributed by atoms with Crippen molar-refractivity contribution in [2.24, 2.45) is 5.92 Å². The number of benzene rings is 2. The zero-order chi connectivity index (χ0) is 26.6. The number of Topliss-reactive ketones (excluding diaryl/α,β-unsaturated/α-hetero) is 1. The highest BCUT2D eigenvalue weighted by atomic mass is 32.1.